The second-order valence-electron chi connectivity index (χ2n) is 8.25. The highest BCUT2D eigenvalue weighted by atomic mass is 32.2. The standard InChI is InChI=1S/C20H42N2O2S/c1-4-6-8-10-12-16-20(3,15-11-9-7-5-2)22-17-13-19(14-18-22)25(21,23)24/h19H,4-18H2,1-3H3,(H2,21,23,24). The summed E-state index contributed by atoms with van der Waals surface area (Å²) in [6.07, 6.45) is 15.6. The summed E-state index contributed by atoms with van der Waals surface area (Å²) >= 11 is 0. The van der Waals surface area contributed by atoms with Crippen LogP contribution >= 0.6 is 0 Å². The molecule has 25 heavy (non-hydrogen) atoms. The van der Waals surface area contributed by atoms with Crippen LogP contribution in [0, 0.1) is 0 Å². The van der Waals surface area contributed by atoms with Gasteiger partial charge in [0.1, 0.15) is 0 Å². The molecule has 2 N–H and O–H groups in total. The molecule has 1 aliphatic heterocycles. The van der Waals surface area contributed by atoms with Crippen molar-refractivity contribution in [3.63, 3.8) is 0 Å². The van der Waals surface area contributed by atoms with E-state index in [4.69, 9.17) is 5.14 Å². The fourth-order valence-electron chi connectivity index (χ4n) is 4.21. The molecule has 0 saturated carbocycles. The van der Waals surface area contributed by atoms with Gasteiger partial charge in [0.15, 0.2) is 0 Å². The number of piperidine rings is 1. The summed E-state index contributed by atoms with van der Waals surface area (Å²) in [6.45, 7) is 8.68. The number of rotatable bonds is 13. The zero-order valence-electron chi connectivity index (χ0n) is 16.9. The normalized spacial score (nSPS) is 19.8. The Bertz CT molecular complexity index is 445. The number of hydrogen-bond donors (Lipinski definition) is 1. The van der Waals surface area contributed by atoms with Crippen LogP contribution in [0.5, 0.6) is 0 Å². The van der Waals surface area contributed by atoms with Crippen LogP contribution in [-0.2, 0) is 10.0 Å². The van der Waals surface area contributed by atoms with Gasteiger partial charge in [-0.05, 0) is 45.7 Å². The summed E-state index contributed by atoms with van der Waals surface area (Å²) in [6, 6.07) is 0. The minimum Gasteiger partial charge on any atom is -0.298 e. The van der Waals surface area contributed by atoms with Crippen LogP contribution in [-0.4, -0.2) is 37.2 Å². The summed E-state index contributed by atoms with van der Waals surface area (Å²) < 4.78 is 23.2. The van der Waals surface area contributed by atoms with Gasteiger partial charge in [-0.2, -0.15) is 0 Å². The van der Waals surface area contributed by atoms with Gasteiger partial charge in [0.05, 0.1) is 5.25 Å². The van der Waals surface area contributed by atoms with Gasteiger partial charge in [-0.1, -0.05) is 71.6 Å². The highest BCUT2D eigenvalue weighted by Crippen LogP contribution is 2.32. The lowest BCUT2D eigenvalue weighted by Gasteiger charge is -2.45. The molecule has 150 valence electrons. The van der Waals surface area contributed by atoms with E-state index in [2.05, 4.69) is 25.7 Å². The third-order valence-corrected chi connectivity index (χ3v) is 7.46. The lowest BCUT2D eigenvalue weighted by Crippen LogP contribution is -2.52. The highest BCUT2D eigenvalue weighted by molar-refractivity contribution is 7.89. The first-order chi connectivity index (χ1) is 11.8. The molecule has 0 spiro atoms. The third kappa shape index (κ3) is 8.40. The summed E-state index contributed by atoms with van der Waals surface area (Å²) in [5.41, 5.74) is 0.225. The topological polar surface area (TPSA) is 63.4 Å². The van der Waals surface area contributed by atoms with Crippen LogP contribution in [0.4, 0.5) is 0 Å². The fourth-order valence-corrected chi connectivity index (χ4v) is 5.08. The quantitative estimate of drug-likeness (QED) is 0.470. The number of nitrogens with two attached hydrogens (primary N) is 1. The van der Waals surface area contributed by atoms with Crippen molar-refractivity contribution < 1.29 is 8.42 Å². The number of nitrogens with zero attached hydrogens (tertiary/aromatic N) is 1. The molecular formula is C20H42N2O2S. The first kappa shape index (κ1) is 22.9. The van der Waals surface area contributed by atoms with E-state index >= 15 is 0 Å². The number of hydrogen-bond acceptors (Lipinski definition) is 3. The van der Waals surface area contributed by atoms with E-state index < -0.39 is 10.0 Å². The molecule has 0 aromatic heterocycles. The van der Waals surface area contributed by atoms with Crippen LogP contribution in [0.25, 0.3) is 0 Å². The van der Waals surface area contributed by atoms with Crippen LogP contribution in [0.3, 0.4) is 0 Å². The lowest BCUT2D eigenvalue weighted by atomic mass is 9.85. The second-order valence-corrected chi connectivity index (χ2v) is 10.1. The minimum absolute atomic E-state index is 0.225. The molecule has 1 aliphatic rings. The molecule has 0 bridgehead atoms. The van der Waals surface area contributed by atoms with Gasteiger partial charge in [-0.25, -0.2) is 13.6 Å². The molecule has 0 radical (unpaired) electrons. The summed E-state index contributed by atoms with van der Waals surface area (Å²) in [5.74, 6) is 0. The van der Waals surface area contributed by atoms with Crippen molar-refractivity contribution >= 4 is 10.0 Å². The Balaban J connectivity index is 2.57. The first-order valence-corrected chi connectivity index (χ1v) is 12.2. The van der Waals surface area contributed by atoms with E-state index in [9.17, 15) is 8.42 Å². The molecule has 0 aliphatic carbocycles. The van der Waals surface area contributed by atoms with E-state index in [-0.39, 0.29) is 10.8 Å². The molecule has 0 amide bonds. The summed E-state index contributed by atoms with van der Waals surface area (Å²) in [7, 11) is -3.37. The molecule has 1 unspecified atom stereocenters. The molecular weight excluding hydrogens is 332 g/mol. The molecule has 4 nitrogen and oxygen atoms in total. The third-order valence-electron chi connectivity index (χ3n) is 6.06. The number of sulfonamides is 1. The van der Waals surface area contributed by atoms with Gasteiger partial charge in [0.2, 0.25) is 10.0 Å². The maximum absolute atomic E-state index is 11.6. The molecule has 1 rings (SSSR count). The monoisotopic (exact) mass is 374 g/mol. The Kier molecular flexibility index (Phi) is 10.6. The van der Waals surface area contributed by atoms with Crippen molar-refractivity contribution in [2.24, 2.45) is 5.14 Å². The average molecular weight is 375 g/mol. The van der Waals surface area contributed by atoms with E-state index in [0.717, 1.165) is 13.1 Å². The minimum atomic E-state index is -3.37. The van der Waals surface area contributed by atoms with E-state index in [1.807, 2.05) is 0 Å². The predicted octanol–water partition coefficient (Wildman–Crippen LogP) is 4.83. The number of primary sulfonamides is 1. The molecule has 1 heterocycles. The van der Waals surface area contributed by atoms with Crippen LogP contribution in [0.2, 0.25) is 0 Å². The Morgan fingerprint density at radius 3 is 1.76 bits per heavy atom. The average Bonchev–Trinajstić information content (AvgIpc) is 2.58. The number of unbranched alkanes of at least 4 members (excludes halogenated alkanes) is 7. The van der Waals surface area contributed by atoms with Crippen molar-refractivity contribution in [2.75, 3.05) is 13.1 Å². The van der Waals surface area contributed by atoms with E-state index in [1.165, 1.54) is 70.6 Å². The molecule has 0 aromatic rings. The van der Waals surface area contributed by atoms with Crippen molar-refractivity contribution in [1.82, 2.24) is 4.90 Å². The Morgan fingerprint density at radius 1 is 0.880 bits per heavy atom. The lowest BCUT2D eigenvalue weighted by molar-refractivity contribution is 0.0615. The van der Waals surface area contributed by atoms with Gasteiger partial charge in [0.25, 0.3) is 0 Å². The Morgan fingerprint density at radius 2 is 1.32 bits per heavy atom. The maximum Gasteiger partial charge on any atom is 0.212 e. The van der Waals surface area contributed by atoms with Crippen molar-refractivity contribution in [2.45, 2.75) is 115 Å². The van der Waals surface area contributed by atoms with Gasteiger partial charge in [-0.3, -0.25) is 4.90 Å². The number of likely N-dealkylation sites (tertiary alicyclic amines) is 1. The maximum atomic E-state index is 11.6. The van der Waals surface area contributed by atoms with Gasteiger partial charge in [0, 0.05) is 5.54 Å². The van der Waals surface area contributed by atoms with Crippen LogP contribution in [0.1, 0.15) is 104 Å². The van der Waals surface area contributed by atoms with Crippen molar-refractivity contribution in [1.29, 1.82) is 0 Å². The van der Waals surface area contributed by atoms with E-state index in [1.54, 1.807) is 0 Å². The second kappa shape index (κ2) is 11.6. The summed E-state index contributed by atoms with van der Waals surface area (Å²) in [5, 5.41) is 5.02. The van der Waals surface area contributed by atoms with Crippen molar-refractivity contribution in [3.8, 4) is 0 Å². The van der Waals surface area contributed by atoms with Crippen molar-refractivity contribution in [3.05, 3.63) is 0 Å². The van der Waals surface area contributed by atoms with Gasteiger partial charge < -0.3 is 0 Å². The molecule has 1 fully saturated rings. The van der Waals surface area contributed by atoms with Crippen LogP contribution in [0.15, 0.2) is 0 Å². The van der Waals surface area contributed by atoms with Gasteiger partial charge >= 0.3 is 0 Å². The zero-order chi connectivity index (χ0) is 18.8. The van der Waals surface area contributed by atoms with E-state index in [0.29, 0.717) is 12.8 Å². The molecule has 1 saturated heterocycles. The smallest absolute Gasteiger partial charge is 0.212 e. The molecule has 1 atom stereocenters. The predicted molar refractivity (Wildman–Crippen MR) is 108 cm³/mol. The van der Waals surface area contributed by atoms with Crippen LogP contribution < -0.4 is 5.14 Å². The molecule has 0 aromatic carbocycles. The highest BCUT2D eigenvalue weighted by Gasteiger charge is 2.36. The summed E-state index contributed by atoms with van der Waals surface area (Å²) in [4.78, 5) is 2.57. The largest absolute Gasteiger partial charge is 0.298 e. The SMILES string of the molecule is CCCCCCCC(C)(CCCCCC)N1CCC(S(N)(=O)=O)CC1. The first-order valence-electron chi connectivity index (χ1n) is 10.6. The zero-order valence-corrected chi connectivity index (χ0v) is 17.7. The fraction of sp³-hybridized carbons (Fsp3) is 1.00. The molecule has 5 heteroatoms. The Labute approximate surface area is 157 Å². The van der Waals surface area contributed by atoms with Gasteiger partial charge in [-0.15, -0.1) is 0 Å². The Hall–Kier alpha value is -0.130.